The molecule has 0 spiro atoms. The average molecular weight is 390 g/mol. The van der Waals surface area contributed by atoms with Gasteiger partial charge in [0, 0.05) is 5.56 Å². The number of thioether (sulfide) groups is 1. The quantitative estimate of drug-likeness (QED) is 0.606. The fourth-order valence-electron chi connectivity index (χ4n) is 2.21. The Morgan fingerprint density at radius 1 is 1.31 bits per heavy atom. The molecule has 26 heavy (non-hydrogen) atoms. The van der Waals surface area contributed by atoms with Crippen molar-refractivity contribution in [2.24, 2.45) is 10.2 Å². The van der Waals surface area contributed by atoms with Gasteiger partial charge in [-0.05, 0) is 17.7 Å². The number of methoxy groups -OCH3 is 1. The van der Waals surface area contributed by atoms with Crippen LogP contribution < -0.4 is 14.8 Å². The van der Waals surface area contributed by atoms with Crippen LogP contribution in [-0.4, -0.2) is 30.2 Å². The minimum absolute atomic E-state index is 0.0754. The van der Waals surface area contributed by atoms with Crippen LogP contribution in [0.5, 0.6) is 11.5 Å². The van der Waals surface area contributed by atoms with E-state index in [0.29, 0.717) is 39.6 Å². The molecular formula is C18H16ClN3O3S. The van der Waals surface area contributed by atoms with Gasteiger partial charge in [0.15, 0.2) is 16.7 Å². The molecular weight excluding hydrogens is 374 g/mol. The molecule has 0 atom stereocenters. The highest BCUT2D eigenvalue weighted by Crippen LogP contribution is 2.36. The Bertz CT molecular complexity index is 856. The van der Waals surface area contributed by atoms with E-state index in [2.05, 4.69) is 15.5 Å². The molecule has 0 aromatic heterocycles. The van der Waals surface area contributed by atoms with Gasteiger partial charge in [-0.1, -0.05) is 53.7 Å². The number of carbonyl (C=O) groups excluding carboxylic acids is 1. The molecule has 1 heterocycles. The van der Waals surface area contributed by atoms with E-state index in [1.165, 1.54) is 18.0 Å². The van der Waals surface area contributed by atoms with Crippen LogP contribution in [0.25, 0.3) is 0 Å². The fourth-order valence-corrected chi connectivity index (χ4v) is 3.12. The van der Waals surface area contributed by atoms with Crippen molar-refractivity contribution >= 4 is 40.7 Å². The highest BCUT2D eigenvalue weighted by molar-refractivity contribution is 8.15. The van der Waals surface area contributed by atoms with E-state index in [1.807, 2.05) is 30.3 Å². The number of rotatable bonds is 6. The molecule has 134 valence electrons. The van der Waals surface area contributed by atoms with Crippen LogP contribution in [-0.2, 0) is 11.4 Å². The summed E-state index contributed by atoms with van der Waals surface area (Å²) in [6.07, 6.45) is 1.54. The van der Waals surface area contributed by atoms with Gasteiger partial charge in [0.05, 0.1) is 24.1 Å². The van der Waals surface area contributed by atoms with Crippen molar-refractivity contribution in [1.29, 1.82) is 0 Å². The van der Waals surface area contributed by atoms with Crippen LogP contribution in [0, 0.1) is 0 Å². The molecule has 1 aliphatic rings. The van der Waals surface area contributed by atoms with Gasteiger partial charge >= 0.3 is 0 Å². The molecule has 2 aromatic rings. The van der Waals surface area contributed by atoms with Crippen molar-refractivity contribution in [3.63, 3.8) is 0 Å². The second-order valence-electron chi connectivity index (χ2n) is 5.29. The molecule has 8 heteroatoms. The summed E-state index contributed by atoms with van der Waals surface area (Å²) in [6.45, 7) is 0.384. The zero-order valence-electron chi connectivity index (χ0n) is 13.9. The number of nitrogens with zero attached hydrogens (tertiary/aromatic N) is 2. The molecule has 2 aromatic carbocycles. The van der Waals surface area contributed by atoms with Crippen molar-refractivity contribution in [3.8, 4) is 11.5 Å². The van der Waals surface area contributed by atoms with Crippen molar-refractivity contribution in [3.05, 3.63) is 58.6 Å². The van der Waals surface area contributed by atoms with Gasteiger partial charge in [0.1, 0.15) is 6.61 Å². The topological polar surface area (TPSA) is 72.3 Å². The maximum Gasteiger partial charge on any atom is 0.236 e. The zero-order valence-corrected chi connectivity index (χ0v) is 15.5. The number of amides is 1. The van der Waals surface area contributed by atoms with Crippen LogP contribution in [0.15, 0.2) is 52.7 Å². The third-order valence-electron chi connectivity index (χ3n) is 3.42. The van der Waals surface area contributed by atoms with E-state index in [9.17, 15) is 4.79 Å². The zero-order chi connectivity index (χ0) is 18.4. The molecule has 0 unspecified atom stereocenters. The van der Waals surface area contributed by atoms with Gasteiger partial charge in [0.25, 0.3) is 0 Å². The second-order valence-corrected chi connectivity index (χ2v) is 6.67. The van der Waals surface area contributed by atoms with E-state index in [0.717, 1.165) is 5.56 Å². The van der Waals surface area contributed by atoms with Gasteiger partial charge in [0.2, 0.25) is 5.91 Å². The lowest BCUT2D eigenvalue weighted by atomic mass is 10.2. The minimum Gasteiger partial charge on any atom is -0.493 e. The Balaban J connectivity index is 1.73. The summed E-state index contributed by atoms with van der Waals surface area (Å²) in [5, 5.41) is 11.4. The third kappa shape index (κ3) is 4.77. The second kappa shape index (κ2) is 8.73. The number of benzene rings is 2. The summed E-state index contributed by atoms with van der Waals surface area (Å²) < 4.78 is 11.2. The molecule has 1 saturated heterocycles. The van der Waals surface area contributed by atoms with Crippen molar-refractivity contribution in [2.45, 2.75) is 6.61 Å². The number of amidine groups is 1. The largest absolute Gasteiger partial charge is 0.493 e. The smallest absolute Gasteiger partial charge is 0.236 e. The molecule has 1 aliphatic heterocycles. The predicted octanol–water partition coefficient (Wildman–Crippen LogP) is 3.48. The maximum atomic E-state index is 11.1. The van der Waals surface area contributed by atoms with E-state index in [4.69, 9.17) is 21.1 Å². The lowest BCUT2D eigenvalue weighted by Crippen LogP contribution is -2.19. The first-order valence-electron chi connectivity index (χ1n) is 7.73. The van der Waals surface area contributed by atoms with Crippen LogP contribution >= 0.6 is 23.4 Å². The summed E-state index contributed by atoms with van der Waals surface area (Å²) in [5.74, 6) is 1.27. The molecule has 0 radical (unpaired) electrons. The third-order valence-corrected chi connectivity index (χ3v) is 4.56. The monoisotopic (exact) mass is 389 g/mol. The molecule has 0 aliphatic carbocycles. The number of halogens is 1. The van der Waals surface area contributed by atoms with Crippen LogP contribution in [0.4, 0.5) is 0 Å². The van der Waals surface area contributed by atoms with E-state index < -0.39 is 0 Å². The standard InChI is InChI=1S/C18H16ClN3O3S/c1-24-15-8-13(9-20-22-18-21-16(23)11-26-18)7-14(19)17(15)25-10-12-5-3-2-4-6-12/h2-9H,10-11H2,1H3,(H,21,22,23). The lowest BCUT2D eigenvalue weighted by Gasteiger charge is -2.13. The van der Waals surface area contributed by atoms with Gasteiger partial charge in [-0.15, -0.1) is 5.10 Å². The number of nitrogens with one attached hydrogen (secondary N) is 1. The Morgan fingerprint density at radius 2 is 2.12 bits per heavy atom. The molecule has 0 bridgehead atoms. The van der Waals surface area contributed by atoms with E-state index >= 15 is 0 Å². The SMILES string of the molecule is COc1cc(C=NN=C2NC(=O)CS2)cc(Cl)c1OCc1ccccc1. The molecule has 1 N–H and O–H groups in total. The fraction of sp³-hybridized carbons (Fsp3) is 0.167. The van der Waals surface area contributed by atoms with Gasteiger partial charge in [-0.25, -0.2) is 0 Å². The first-order valence-corrected chi connectivity index (χ1v) is 9.10. The predicted molar refractivity (Wildman–Crippen MR) is 104 cm³/mol. The summed E-state index contributed by atoms with van der Waals surface area (Å²) in [4.78, 5) is 11.1. The summed E-state index contributed by atoms with van der Waals surface area (Å²) >= 11 is 7.65. The summed E-state index contributed by atoms with van der Waals surface area (Å²) in [5.41, 5.74) is 1.74. The normalized spacial score (nSPS) is 15.5. The van der Waals surface area contributed by atoms with Gasteiger partial charge in [-0.2, -0.15) is 5.10 Å². The highest BCUT2D eigenvalue weighted by atomic mass is 35.5. The minimum atomic E-state index is -0.0754. The lowest BCUT2D eigenvalue weighted by molar-refractivity contribution is -0.116. The maximum absolute atomic E-state index is 11.1. The van der Waals surface area contributed by atoms with Crippen molar-refractivity contribution in [1.82, 2.24) is 5.32 Å². The van der Waals surface area contributed by atoms with Crippen LogP contribution in [0.1, 0.15) is 11.1 Å². The molecule has 0 saturated carbocycles. The molecule has 3 rings (SSSR count). The first kappa shape index (κ1) is 18.3. The molecule has 6 nitrogen and oxygen atoms in total. The Labute approximate surface area is 160 Å². The summed E-state index contributed by atoms with van der Waals surface area (Å²) in [7, 11) is 1.55. The Morgan fingerprint density at radius 3 is 2.81 bits per heavy atom. The Kier molecular flexibility index (Phi) is 6.14. The van der Waals surface area contributed by atoms with Gasteiger partial charge < -0.3 is 14.8 Å². The van der Waals surface area contributed by atoms with Crippen molar-refractivity contribution in [2.75, 3.05) is 12.9 Å². The van der Waals surface area contributed by atoms with Gasteiger partial charge in [-0.3, -0.25) is 4.79 Å². The van der Waals surface area contributed by atoms with Crippen LogP contribution in [0.3, 0.4) is 0 Å². The van der Waals surface area contributed by atoms with Crippen molar-refractivity contribution < 1.29 is 14.3 Å². The van der Waals surface area contributed by atoms with E-state index in [1.54, 1.807) is 19.2 Å². The Hall–Kier alpha value is -2.51. The van der Waals surface area contributed by atoms with Crippen LogP contribution in [0.2, 0.25) is 5.02 Å². The molecule has 1 fully saturated rings. The first-order chi connectivity index (χ1) is 12.7. The highest BCUT2D eigenvalue weighted by Gasteiger charge is 2.16. The number of carbonyl (C=O) groups is 1. The average Bonchev–Trinajstić information content (AvgIpc) is 3.06. The van der Waals surface area contributed by atoms with E-state index in [-0.39, 0.29) is 5.91 Å². The summed E-state index contributed by atoms with van der Waals surface area (Å²) in [6, 6.07) is 13.3. The number of hydrogen-bond donors (Lipinski definition) is 1. The number of ether oxygens (including phenoxy) is 2. The molecule has 1 amide bonds. The number of hydrogen-bond acceptors (Lipinski definition) is 6.